The third-order valence-electron chi connectivity index (χ3n) is 3.28. The Kier molecular flexibility index (Phi) is 3.39. The van der Waals surface area contributed by atoms with Crippen LogP contribution in [-0.4, -0.2) is 9.97 Å². The lowest BCUT2D eigenvalue weighted by atomic mass is 10.1. The molecule has 0 amide bonds. The zero-order chi connectivity index (χ0) is 11.8. The van der Waals surface area contributed by atoms with Crippen molar-refractivity contribution < 1.29 is 0 Å². The number of fused-ring (bicyclic) bond motifs is 1. The number of rotatable bonds is 1. The Morgan fingerprint density at radius 2 is 1.72 bits per heavy atom. The quantitative estimate of drug-likeness (QED) is 0.694. The largest absolute Gasteiger partial charge is 0.357 e. The van der Waals surface area contributed by atoms with Crippen molar-refractivity contribution in [2.45, 2.75) is 13.8 Å². The van der Waals surface area contributed by atoms with Gasteiger partial charge in [-0.3, -0.25) is 4.98 Å². The van der Waals surface area contributed by atoms with Gasteiger partial charge in [-0.15, -0.1) is 12.4 Å². The zero-order valence-corrected chi connectivity index (χ0v) is 11.2. The first-order valence-electron chi connectivity index (χ1n) is 5.76. The third-order valence-corrected chi connectivity index (χ3v) is 3.28. The van der Waals surface area contributed by atoms with Crippen molar-refractivity contribution in [3.8, 4) is 11.3 Å². The van der Waals surface area contributed by atoms with E-state index < -0.39 is 0 Å². The Hall–Kier alpha value is -1.80. The number of pyridine rings is 1. The molecule has 0 aliphatic rings. The fraction of sp³-hybridized carbons (Fsp3) is 0.133. The van der Waals surface area contributed by atoms with Crippen LogP contribution in [0.25, 0.3) is 22.2 Å². The molecule has 0 atom stereocenters. The van der Waals surface area contributed by atoms with Gasteiger partial charge in [0.25, 0.3) is 0 Å². The maximum Gasteiger partial charge on any atom is 0.0942 e. The van der Waals surface area contributed by atoms with Gasteiger partial charge in [-0.05, 0) is 25.5 Å². The fourth-order valence-corrected chi connectivity index (χ4v) is 2.20. The standard InChI is InChI=1S/C15H14N2.ClH/c1-10-11(2)17-15-13(10)8-9-16-14(15)12-6-4-3-5-7-12;/h3-9,17H,1-2H3;1H. The van der Waals surface area contributed by atoms with E-state index in [9.17, 15) is 0 Å². The summed E-state index contributed by atoms with van der Waals surface area (Å²) in [6.45, 7) is 4.24. The predicted octanol–water partition coefficient (Wildman–Crippen LogP) is 4.27. The number of hydrogen-bond donors (Lipinski definition) is 1. The first-order valence-corrected chi connectivity index (χ1v) is 5.76. The van der Waals surface area contributed by atoms with Crippen molar-refractivity contribution in [2.75, 3.05) is 0 Å². The van der Waals surface area contributed by atoms with Crippen LogP contribution in [0.1, 0.15) is 11.3 Å². The molecule has 2 aromatic heterocycles. The Labute approximate surface area is 112 Å². The molecule has 1 aromatic carbocycles. The number of benzene rings is 1. The number of halogens is 1. The highest BCUT2D eigenvalue weighted by molar-refractivity contribution is 5.94. The summed E-state index contributed by atoms with van der Waals surface area (Å²) < 4.78 is 0. The van der Waals surface area contributed by atoms with E-state index in [0.29, 0.717) is 0 Å². The van der Waals surface area contributed by atoms with E-state index in [1.54, 1.807) is 0 Å². The van der Waals surface area contributed by atoms with Gasteiger partial charge in [-0.1, -0.05) is 30.3 Å². The number of H-pyrrole nitrogens is 1. The highest BCUT2D eigenvalue weighted by Gasteiger charge is 2.09. The monoisotopic (exact) mass is 258 g/mol. The van der Waals surface area contributed by atoms with Gasteiger partial charge in [0.1, 0.15) is 0 Å². The summed E-state index contributed by atoms with van der Waals surface area (Å²) >= 11 is 0. The van der Waals surface area contributed by atoms with Gasteiger partial charge in [0.05, 0.1) is 11.2 Å². The van der Waals surface area contributed by atoms with Crippen molar-refractivity contribution in [1.29, 1.82) is 0 Å². The van der Waals surface area contributed by atoms with E-state index in [-0.39, 0.29) is 12.4 Å². The zero-order valence-electron chi connectivity index (χ0n) is 10.4. The molecule has 0 spiro atoms. The van der Waals surface area contributed by atoms with Crippen molar-refractivity contribution in [3.05, 3.63) is 53.9 Å². The van der Waals surface area contributed by atoms with E-state index in [2.05, 4.69) is 42.0 Å². The SMILES string of the molecule is Cc1[nH]c2c(-c3ccccc3)nccc2c1C.Cl. The van der Waals surface area contributed by atoms with Crippen molar-refractivity contribution in [2.24, 2.45) is 0 Å². The van der Waals surface area contributed by atoms with E-state index >= 15 is 0 Å². The van der Waals surface area contributed by atoms with Gasteiger partial charge in [-0.2, -0.15) is 0 Å². The minimum Gasteiger partial charge on any atom is -0.357 e. The summed E-state index contributed by atoms with van der Waals surface area (Å²) in [5.74, 6) is 0. The van der Waals surface area contributed by atoms with Crippen LogP contribution in [0.2, 0.25) is 0 Å². The molecule has 0 saturated carbocycles. The van der Waals surface area contributed by atoms with Crippen molar-refractivity contribution >= 4 is 23.3 Å². The van der Waals surface area contributed by atoms with Crippen LogP contribution < -0.4 is 0 Å². The van der Waals surface area contributed by atoms with E-state index in [1.807, 2.05) is 24.4 Å². The van der Waals surface area contributed by atoms with Crippen LogP contribution in [0.3, 0.4) is 0 Å². The average Bonchev–Trinajstić information content (AvgIpc) is 2.67. The predicted molar refractivity (Wildman–Crippen MR) is 78.3 cm³/mol. The maximum absolute atomic E-state index is 4.50. The minimum atomic E-state index is 0. The molecule has 0 radical (unpaired) electrons. The number of aryl methyl sites for hydroxylation is 2. The van der Waals surface area contributed by atoms with E-state index in [4.69, 9.17) is 0 Å². The molecule has 2 nitrogen and oxygen atoms in total. The number of nitrogens with one attached hydrogen (secondary N) is 1. The van der Waals surface area contributed by atoms with Crippen LogP contribution in [0.4, 0.5) is 0 Å². The average molecular weight is 259 g/mol. The van der Waals surface area contributed by atoms with Gasteiger partial charge >= 0.3 is 0 Å². The summed E-state index contributed by atoms with van der Waals surface area (Å²) in [5.41, 5.74) is 5.83. The number of aromatic amines is 1. The molecule has 0 saturated heterocycles. The molecular weight excluding hydrogens is 244 g/mol. The molecule has 92 valence electrons. The molecule has 0 aliphatic heterocycles. The Bertz CT molecular complexity index is 672. The molecule has 0 bridgehead atoms. The lowest BCUT2D eigenvalue weighted by molar-refractivity contribution is 1.25. The highest BCUT2D eigenvalue weighted by atomic mass is 35.5. The second-order valence-corrected chi connectivity index (χ2v) is 4.32. The second kappa shape index (κ2) is 4.83. The van der Waals surface area contributed by atoms with E-state index in [1.165, 1.54) is 16.6 Å². The summed E-state index contributed by atoms with van der Waals surface area (Å²) in [5, 5.41) is 1.26. The molecular formula is C15H15ClN2. The number of aromatic nitrogens is 2. The topological polar surface area (TPSA) is 28.7 Å². The third kappa shape index (κ3) is 1.89. The minimum absolute atomic E-state index is 0. The van der Waals surface area contributed by atoms with Crippen LogP contribution >= 0.6 is 12.4 Å². The number of nitrogens with zero attached hydrogens (tertiary/aromatic N) is 1. The molecule has 3 aromatic rings. The van der Waals surface area contributed by atoms with Crippen LogP contribution in [0.15, 0.2) is 42.6 Å². The van der Waals surface area contributed by atoms with Gasteiger partial charge in [0.15, 0.2) is 0 Å². The Morgan fingerprint density at radius 1 is 1.00 bits per heavy atom. The van der Waals surface area contributed by atoms with Gasteiger partial charge in [0.2, 0.25) is 0 Å². The second-order valence-electron chi connectivity index (χ2n) is 4.32. The van der Waals surface area contributed by atoms with Gasteiger partial charge in [0, 0.05) is 22.8 Å². The molecule has 3 rings (SSSR count). The van der Waals surface area contributed by atoms with Crippen LogP contribution in [0.5, 0.6) is 0 Å². The number of hydrogen-bond acceptors (Lipinski definition) is 1. The first kappa shape index (κ1) is 12.7. The van der Waals surface area contributed by atoms with Crippen molar-refractivity contribution in [3.63, 3.8) is 0 Å². The Morgan fingerprint density at radius 3 is 2.44 bits per heavy atom. The fourth-order valence-electron chi connectivity index (χ4n) is 2.20. The smallest absolute Gasteiger partial charge is 0.0942 e. The molecule has 2 heterocycles. The molecule has 3 heteroatoms. The summed E-state index contributed by atoms with van der Waals surface area (Å²) in [4.78, 5) is 7.93. The van der Waals surface area contributed by atoms with Crippen molar-refractivity contribution in [1.82, 2.24) is 9.97 Å². The van der Waals surface area contributed by atoms with Gasteiger partial charge < -0.3 is 4.98 Å². The lowest BCUT2D eigenvalue weighted by Gasteiger charge is -2.02. The molecule has 18 heavy (non-hydrogen) atoms. The molecule has 0 aliphatic carbocycles. The normalized spacial score (nSPS) is 10.3. The van der Waals surface area contributed by atoms with Gasteiger partial charge in [-0.25, -0.2) is 0 Å². The molecule has 0 fully saturated rings. The van der Waals surface area contributed by atoms with Crippen LogP contribution in [-0.2, 0) is 0 Å². The molecule has 1 N–H and O–H groups in total. The first-order chi connectivity index (χ1) is 8.27. The lowest BCUT2D eigenvalue weighted by Crippen LogP contribution is -1.84. The maximum atomic E-state index is 4.50. The summed E-state index contributed by atoms with van der Waals surface area (Å²) in [6, 6.07) is 12.4. The summed E-state index contributed by atoms with van der Waals surface area (Å²) in [7, 11) is 0. The van der Waals surface area contributed by atoms with E-state index in [0.717, 1.165) is 16.8 Å². The Balaban J connectivity index is 0.00000120. The highest BCUT2D eigenvalue weighted by Crippen LogP contribution is 2.28. The summed E-state index contributed by atoms with van der Waals surface area (Å²) in [6.07, 6.45) is 1.88. The van der Waals surface area contributed by atoms with Crippen LogP contribution in [0, 0.1) is 13.8 Å². The molecule has 0 unspecified atom stereocenters.